The summed E-state index contributed by atoms with van der Waals surface area (Å²) in [5.74, 6) is 2.68. The van der Waals surface area contributed by atoms with Gasteiger partial charge < -0.3 is 19.5 Å². The van der Waals surface area contributed by atoms with Gasteiger partial charge in [-0.2, -0.15) is 0 Å². The molecule has 5 nitrogen and oxygen atoms in total. The molecule has 1 aromatic rings. The summed E-state index contributed by atoms with van der Waals surface area (Å²) in [5.41, 5.74) is 0.250. The topological polar surface area (TPSA) is 56.8 Å². The van der Waals surface area contributed by atoms with Crippen LogP contribution in [0.2, 0.25) is 0 Å². The molecule has 0 aromatic heterocycles. The van der Waals surface area contributed by atoms with E-state index in [2.05, 4.69) is 24.4 Å². The molecule has 2 aliphatic rings. The van der Waals surface area contributed by atoms with Crippen molar-refractivity contribution >= 4 is 11.6 Å². The summed E-state index contributed by atoms with van der Waals surface area (Å²) in [6, 6.07) is 3.56. The first-order valence-corrected chi connectivity index (χ1v) is 11.9. The first-order chi connectivity index (χ1) is 15.1. The monoisotopic (exact) mass is 429 g/mol. The Bertz CT molecular complexity index is 750. The van der Waals surface area contributed by atoms with Crippen molar-refractivity contribution in [1.82, 2.24) is 0 Å². The number of nitrogens with one attached hydrogen (secondary N) is 1. The number of unbranched alkanes of at least 4 members (excludes halogenated alkanes) is 6. The van der Waals surface area contributed by atoms with E-state index < -0.39 is 0 Å². The van der Waals surface area contributed by atoms with Crippen molar-refractivity contribution in [2.75, 3.05) is 26.6 Å². The summed E-state index contributed by atoms with van der Waals surface area (Å²) in [6.45, 7) is 2.25. The molecule has 5 heteroatoms. The number of hydrogen-bond acceptors (Lipinski definition) is 4. The molecule has 0 spiro atoms. The van der Waals surface area contributed by atoms with Gasteiger partial charge >= 0.3 is 0 Å². The zero-order valence-electron chi connectivity index (χ0n) is 19.7. The van der Waals surface area contributed by atoms with Crippen molar-refractivity contribution in [3.63, 3.8) is 0 Å². The largest absolute Gasteiger partial charge is 0.496 e. The van der Waals surface area contributed by atoms with E-state index in [4.69, 9.17) is 14.2 Å². The van der Waals surface area contributed by atoms with Crippen molar-refractivity contribution in [3.8, 4) is 17.2 Å². The van der Waals surface area contributed by atoms with E-state index >= 15 is 0 Å². The maximum atomic E-state index is 13.7. The van der Waals surface area contributed by atoms with E-state index in [0.29, 0.717) is 34.8 Å². The number of anilines is 1. The smallest absolute Gasteiger partial charge is 0.231 e. The molecule has 1 aromatic carbocycles. The third-order valence-electron chi connectivity index (χ3n) is 7.14. The van der Waals surface area contributed by atoms with Gasteiger partial charge in [-0.25, -0.2) is 0 Å². The predicted octanol–water partition coefficient (Wildman–Crippen LogP) is 6.37. The summed E-state index contributed by atoms with van der Waals surface area (Å²) in [7, 11) is 4.79. The van der Waals surface area contributed by atoms with Crippen LogP contribution in [0.4, 0.5) is 5.69 Å². The number of amides is 1. The van der Waals surface area contributed by atoms with Crippen LogP contribution in [0.1, 0.15) is 71.1 Å². The Kier molecular flexibility index (Phi) is 8.28. The number of allylic oxidation sites excluding steroid dienone is 2. The lowest BCUT2D eigenvalue weighted by atomic mass is 9.71. The van der Waals surface area contributed by atoms with Crippen LogP contribution in [0.5, 0.6) is 17.2 Å². The Morgan fingerprint density at radius 2 is 1.61 bits per heavy atom. The summed E-state index contributed by atoms with van der Waals surface area (Å²) in [4.78, 5) is 13.7. The molecule has 31 heavy (non-hydrogen) atoms. The van der Waals surface area contributed by atoms with E-state index in [0.717, 1.165) is 25.7 Å². The Morgan fingerprint density at radius 1 is 0.968 bits per heavy atom. The number of carbonyl (C=O) groups excluding carboxylic acids is 1. The van der Waals surface area contributed by atoms with Crippen molar-refractivity contribution in [2.45, 2.75) is 71.1 Å². The van der Waals surface area contributed by atoms with E-state index in [1.807, 2.05) is 0 Å². The second-order valence-corrected chi connectivity index (χ2v) is 9.08. The highest BCUT2D eigenvalue weighted by Gasteiger charge is 2.52. The van der Waals surface area contributed by atoms with Gasteiger partial charge in [-0.3, -0.25) is 4.79 Å². The molecule has 3 rings (SSSR count). The van der Waals surface area contributed by atoms with Crippen LogP contribution in [0.3, 0.4) is 0 Å². The fourth-order valence-electron chi connectivity index (χ4n) is 5.38. The van der Waals surface area contributed by atoms with E-state index in [1.165, 1.54) is 38.5 Å². The predicted molar refractivity (Wildman–Crippen MR) is 125 cm³/mol. The molecule has 3 atom stereocenters. The van der Waals surface area contributed by atoms with E-state index in [-0.39, 0.29) is 11.3 Å². The molecule has 0 saturated heterocycles. The number of carbonyl (C=O) groups is 1. The van der Waals surface area contributed by atoms with Gasteiger partial charge in [-0.05, 0) is 31.1 Å². The zero-order valence-corrected chi connectivity index (χ0v) is 19.7. The maximum absolute atomic E-state index is 13.7. The summed E-state index contributed by atoms with van der Waals surface area (Å²) in [6.07, 6.45) is 16.4. The van der Waals surface area contributed by atoms with Crippen LogP contribution in [-0.2, 0) is 4.79 Å². The average Bonchev–Trinajstić information content (AvgIpc) is 3.40. The van der Waals surface area contributed by atoms with Gasteiger partial charge in [-0.15, -0.1) is 0 Å². The molecule has 1 fully saturated rings. The minimum Gasteiger partial charge on any atom is -0.496 e. The number of ether oxygens (including phenoxy) is 3. The Hall–Kier alpha value is -2.17. The highest BCUT2D eigenvalue weighted by atomic mass is 16.5. The number of fused-ring (bicyclic) bond motifs is 2. The second-order valence-electron chi connectivity index (χ2n) is 9.08. The van der Waals surface area contributed by atoms with E-state index in [9.17, 15) is 4.79 Å². The molecule has 1 N–H and O–H groups in total. The molecule has 1 saturated carbocycles. The molecule has 0 radical (unpaired) electrons. The molecule has 172 valence electrons. The van der Waals surface area contributed by atoms with Crippen LogP contribution in [-0.4, -0.2) is 27.2 Å². The molecule has 3 unspecified atom stereocenters. The molecule has 2 aliphatic carbocycles. The number of benzene rings is 1. The molecule has 0 heterocycles. The lowest BCUT2D eigenvalue weighted by Crippen LogP contribution is -2.40. The normalized spacial score (nSPS) is 23.7. The maximum Gasteiger partial charge on any atom is 0.231 e. The van der Waals surface area contributed by atoms with Gasteiger partial charge in [-0.1, -0.05) is 64.0 Å². The zero-order chi connectivity index (χ0) is 22.3. The van der Waals surface area contributed by atoms with Crippen LogP contribution in [0.15, 0.2) is 24.3 Å². The number of rotatable bonds is 13. The van der Waals surface area contributed by atoms with Crippen molar-refractivity contribution in [2.24, 2.45) is 17.3 Å². The number of methoxy groups -OCH3 is 3. The first-order valence-electron chi connectivity index (χ1n) is 11.9. The SMILES string of the molecule is CCCCCCCCCC1(C(=O)Nc2c(OC)cc(OC)cc2OC)CC2C=CC1C2. The highest BCUT2D eigenvalue weighted by Crippen LogP contribution is 2.55. The minimum absolute atomic E-state index is 0.0945. The molecule has 1 amide bonds. The molecular weight excluding hydrogens is 390 g/mol. The molecule has 0 aliphatic heterocycles. The van der Waals surface area contributed by atoms with Gasteiger partial charge in [0, 0.05) is 12.1 Å². The van der Waals surface area contributed by atoms with Crippen molar-refractivity contribution < 1.29 is 19.0 Å². The van der Waals surface area contributed by atoms with Crippen LogP contribution in [0, 0.1) is 17.3 Å². The van der Waals surface area contributed by atoms with E-state index in [1.54, 1.807) is 33.5 Å². The second kappa shape index (κ2) is 10.9. The van der Waals surface area contributed by atoms with Crippen LogP contribution >= 0.6 is 0 Å². The fourth-order valence-corrected chi connectivity index (χ4v) is 5.38. The summed E-state index contributed by atoms with van der Waals surface area (Å²) < 4.78 is 16.4. The summed E-state index contributed by atoms with van der Waals surface area (Å²) >= 11 is 0. The lowest BCUT2D eigenvalue weighted by Gasteiger charge is -2.34. The van der Waals surface area contributed by atoms with Gasteiger partial charge in [0.05, 0.1) is 26.7 Å². The standard InChI is InChI=1S/C26H39NO4/c1-5-6-7-8-9-10-11-14-26(18-19-12-13-20(26)15-19)25(28)27-24-22(30-3)16-21(29-2)17-23(24)31-4/h12-13,16-17,19-20H,5-11,14-15,18H2,1-4H3,(H,27,28). The molecule has 2 bridgehead atoms. The third-order valence-corrected chi connectivity index (χ3v) is 7.14. The minimum atomic E-state index is -0.335. The fraction of sp³-hybridized carbons (Fsp3) is 0.654. The van der Waals surface area contributed by atoms with Gasteiger partial charge in [0.1, 0.15) is 22.9 Å². The quantitative estimate of drug-likeness (QED) is 0.292. The number of hydrogen-bond donors (Lipinski definition) is 1. The van der Waals surface area contributed by atoms with Crippen LogP contribution in [0.25, 0.3) is 0 Å². The van der Waals surface area contributed by atoms with Gasteiger partial charge in [0.25, 0.3) is 0 Å². The van der Waals surface area contributed by atoms with Crippen molar-refractivity contribution in [1.29, 1.82) is 0 Å². The van der Waals surface area contributed by atoms with Crippen LogP contribution < -0.4 is 19.5 Å². The molecular formula is C26H39NO4. The van der Waals surface area contributed by atoms with Crippen molar-refractivity contribution in [3.05, 3.63) is 24.3 Å². The van der Waals surface area contributed by atoms with Gasteiger partial charge in [0.2, 0.25) is 5.91 Å². The highest BCUT2D eigenvalue weighted by molar-refractivity contribution is 5.99. The first kappa shape index (κ1) is 23.5. The average molecular weight is 430 g/mol. The van der Waals surface area contributed by atoms with Gasteiger partial charge in [0.15, 0.2) is 0 Å². The third kappa shape index (κ3) is 5.19. The Morgan fingerprint density at radius 3 is 2.13 bits per heavy atom. The Balaban J connectivity index is 1.73. The Labute approximate surface area is 187 Å². The summed E-state index contributed by atoms with van der Waals surface area (Å²) in [5, 5.41) is 3.19. The lowest BCUT2D eigenvalue weighted by molar-refractivity contribution is -0.127.